The summed E-state index contributed by atoms with van der Waals surface area (Å²) in [7, 11) is 1.32. The van der Waals surface area contributed by atoms with Crippen LogP contribution in [0.1, 0.15) is 17.0 Å². The van der Waals surface area contributed by atoms with Gasteiger partial charge in [0.25, 0.3) is 0 Å². The molecule has 0 bridgehead atoms. The second-order valence-corrected chi connectivity index (χ2v) is 5.72. The van der Waals surface area contributed by atoms with E-state index < -0.39 is 12.0 Å². The molecule has 1 unspecified atom stereocenters. The third kappa shape index (κ3) is 3.62. The number of amides is 1. The molecular weight excluding hydrogens is 308 g/mol. The zero-order valence-corrected chi connectivity index (χ0v) is 13.5. The summed E-state index contributed by atoms with van der Waals surface area (Å²) in [6.07, 6.45) is 2.14. The molecule has 7 heteroatoms. The lowest BCUT2D eigenvalue weighted by Crippen LogP contribution is -2.50. The molecule has 2 N–H and O–H groups in total. The quantitative estimate of drug-likeness (QED) is 0.786. The lowest BCUT2D eigenvalue weighted by atomic mass is 10.0. The molecule has 0 spiro atoms. The second kappa shape index (κ2) is 7.27. The minimum Gasteiger partial charge on any atom is -0.468 e. The number of hydrogen-bond donors (Lipinski definition) is 2. The minimum absolute atomic E-state index is 0.0736. The van der Waals surface area contributed by atoms with Gasteiger partial charge in [0, 0.05) is 19.5 Å². The summed E-state index contributed by atoms with van der Waals surface area (Å²) in [6, 6.07) is 9.19. The first kappa shape index (κ1) is 16.2. The fourth-order valence-corrected chi connectivity index (χ4v) is 2.80. The van der Waals surface area contributed by atoms with Crippen molar-refractivity contribution in [3.8, 4) is 0 Å². The molecule has 2 aromatic rings. The van der Waals surface area contributed by atoms with E-state index in [4.69, 9.17) is 4.74 Å². The Hall–Kier alpha value is -2.67. The van der Waals surface area contributed by atoms with Crippen LogP contribution >= 0.6 is 0 Å². The summed E-state index contributed by atoms with van der Waals surface area (Å²) in [5.74, 6) is -0.562. The number of aromatic amines is 1. The molecule has 0 radical (unpaired) electrons. The van der Waals surface area contributed by atoms with Crippen LogP contribution in [0.15, 0.2) is 36.7 Å². The van der Waals surface area contributed by atoms with Gasteiger partial charge >= 0.3 is 5.97 Å². The summed E-state index contributed by atoms with van der Waals surface area (Å²) >= 11 is 0. The van der Waals surface area contributed by atoms with Crippen LogP contribution in [0.3, 0.4) is 0 Å². The monoisotopic (exact) mass is 328 g/mol. The summed E-state index contributed by atoms with van der Waals surface area (Å²) in [5.41, 5.74) is 2.86. The Morgan fingerprint density at radius 2 is 2.12 bits per heavy atom. The number of fused-ring (bicyclic) bond motifs is 1. The number of benzene rings is 1. The van der Waals surface area contributed by atoms with E-state index >= 15 is 0 Å². The molecule has 0 fully saturated rings. The van der Waals surface area contributed by atoms with E-state index in [0.29, 0.717) is 19.5 Å². The molecule has 2 heterocycles. The van der Waals surface area contributed by atoms with Gasteiger partial charge in [-0.1, -0.05) is 30.3 Å². The maximum Gasteiger partial charge on any atom is 0.325 e. The van der Waals surface area contributed by atoms with Gasteiger partial charge in [0.05, 0.1) is 30.9 Å². The molecule has 0 saturated heterocycles. The molecule has 0 saturated carbocycles. The van der Waals surface area contributed by atoms with Gasteiger partial charge in [-0.2, -0.15) is 0 Å². The molecule has 1 aromatic heterocycles. The average Bonchev–Trinajstić information content (AvgIpc) is 3.09. The lowest BCUT2D eigenvalue weighted by molar-refractivity contribution is -0.148. The lowest BCUT2D eigenvalue weighted by Gasteiger charge is -2.29. The highest BCUT2D eigenvalue weighted by Crippen LogP contribution is 2.15. The normalized spacial score (nSPS) is 16.3. The SMILES string of the molecule is COC(=O)CN(Cc1ccccc1)C(=O)C1Cc2nc[nH]c2CN1. The number of H-pyrrole nitrogens is 1. The summed E-state index contributed by atoms with van der Waals surface area (Å²) in [6.45, 7) is 0.847. The molecule has 1 aliphatic heterocycles. The van der Waals surface area contributed by atoms with Gasteiger partial charge in [-0.3, -0.25) is 14.9 Å². The number of carbonyl (C=O) groups is 2. The number of imidazole rings is 1. The zero-order chi connectivity index (χ0) is 16.9. The molecular formula is C17H20N4O3. The van der Waals surface area contributed by atoms with Crippen molar-refractivity contribution in [2.45, 2.75) is 25.6 Å². The van der Waals surface area contributed by atoms with Crippen LogP contribution in [0.4, 0.5) is 0 Å². The Labute approximate surface area is 140 Å². The van der Waals surface area contributed by atoms with Gasteiger partial charge in [0.2, 0.25) is 5.91 Å². The summed E-state index contributed by atoms with van der Waals surface area (Å²) in [5, 5.41) is 3.20. The van der Waals surface area contributed by atoms with Gasteiger partial charge in [0.15, 0.2) is 0 Å². The van der Waals surface area contributed by atoms with Crippen molar-refractivity contribution < 1.29 is 14.3 Å². The number of methoxy groups -OCH3 is 1. The predicted molar refractivity (Wildman–Crippen MR) is 86.8 cm³/mol. The van der Waals surface area contributed by atoms with Crippen LogP contribution < -0.4 is 5.32 Å². The van der Waals surface area contributed by atoms with E-state index in [1.54, 1.807) is 6.33 Å². The van der Waals surface area contributed by atoms with Gasteiger partial charge < -0.3 is 14.6 Å². The highest BCUT2D eigenvalue weighted by molar-refractivity contribution is 5.86. The van der Waals surface area contributed by atoms with Crippen LogP contribution in [0.2, 0.25) is 0 Å². The summed E-state index contributed by atoms with van der Waals surface area (Å²) < 4.78 is 4.73. The Kier molecular flexibility index (Phi) is 4.90. The van der Waals surface area contributed by atoms with Crippen LogP contribution in [0.5, 0.6) is 0 Å². The Balaban J connectivity index is 1.74. The number of nitrogens with zero attached hydrogens (tertiary/aromatic N) is 2. The topological polar surface area (TPSA) is 87.3 Å². The molecule has 24 heavy (non-hydrogen) atoms. The molecule has 0 aliphatic carbocycles. The molecule has 1 aromatic carbocycles. The minimum atomic E-state index is -0.435. The highest BCUT2D eigenvalue weighted by Gasteiger charge is 2.30. The van der Waals surface area contributed by atoms with E-state index in [1.807, 2.05) is 30.3 Å². The summed E-state index contributed by atoms with van der Waals surface area (Å²) in [4.78, 5) is 33.4. The van der Waals surface area contributed by atoms with Crippen molar-refractivity contribution >= 4 is 11.9 Å². The molecule has 1 aliphatic rings. The van der Waals surface area contributed by atoms with Crippen LogP contribution in [-0.4, -0.2) is 46.4 Å². The van der Waals surface area contributed by atoms with Crippen molar-refractivity contribution in [1.29, 1.82) is 0 Å². The standard InChI is InChI=1S/C17H20N4O3/c1-24-16(22)10-21(9-12-5-3-2-4-6-12)17(23)14-7-13-15(8-18-14)20-11-19-13/h2-6,11,14,18H,7-10H2,1H3,(H,19,20). The van der Waals surface area contributed by atoms with E-state index in [0.717, 1.165) is 17.0 Å². The Bertz CT molecular complexity index is 714. The van der Waals surface area contributed by atoms with Crippen molar-refractivity contribution in [1.82, 2.24) is 20.2 Å². The van der Waals surface area contributed by atoms with Crippen LogP contribution in [0, 0.1) is 0 Å². The first-order chi connectivity index (χ1) is 11.7. The number of esters is 1. The molecule has 3 rings (SSSR count). The number of nitrogens with one attached hydrogen (secondary N) is 2. The number of hydrogen-bond acceptors (Lipinski definition) is 5. The Morgan fingerprint density at radius 3 is 2.88 bits per heavy atom. The van der Waals surface area contributed by atoms with E-state index in [1.165, 1.54) is 12.0 Å². The predicted octanol–water partition coefficient (Wildman–Crippen LogP) is 0.626. The second-order valence-electron chi connectivity index (χ2n) is 5.72. The van der Waals surface area contributed by atoms with E-state index in [9.17, 15) is 9.59 Å². The van der Waals surface area contributed by atoms with Crippen molar-refractivity contribution in [2.75, 3.05) is 13.7 Å². The number of ether oxygens (including phenoxy) is 1. The van der Waals surface area contributed by atoms with Crippen molar-refractivity contribution in [3.05, 3.63) is 53.6 Å². The van der Waals surface area contributed by atoms with Crippen molar-refractivity contribution in [2.24, 2.45) is 0 Å². The molecule has 7 nitrogen and oxygen atoms in total. The number of carbonyl (C=O) groups excluding carboxylic acids is 2. The van der Waals surface area contributed by atoms with Gasteiger partial charge in [0.1, 0.15) is 6.54 Å². The zero-order valence-electron chi connectivity index (χ0n) is 13.5. The fraction of sp³-hybridized carbons (Fsp3) is 0.353. The van der Waals surface area contributed by atoms with Gasteiger partial charge in [-0.15, -0.1) is 0 Å². The molecule has 1 amide bonds. The third-order valence-electron chi connectivity index (χ3n) is 4.10. The highest BCUT2D eigenvalue weighted by atomic mass is 16.5. The largest absolute Gasteiger partial charge is 0.468 e. The third-order valence-corrected chi connectivity index (χ3v) is 4.10. The molecule has 1 atom stereocenters. The Morgan fingerprint density at radius 1 is 1.33 bits per heavy atom. The number of aromatic nitrogens is 2. The van der Waals surface area contributed by atoms with Crippen molar-refractivity contribution in [3.63, 3.8) is 0 Å². The first-order valence-corrected chi connectivity index (χ1v) is 7.81. The maximum absolute atomic E-state index is 12.9. The van der Waals surface area contributed by atoms with E-state index in [2.05, 4.69) is 15.3 Å². The van der Waals surface area contributed by atoms with Gasteiger partial charge in [-0.05, 0) is 5.56 Å². The first-order valence-electron chi connectivity index (χ1n) is 7.81. The van der Waals surface area contributed by atoms with Crippen LogP contribution in [0.25, 0.3) is 0 Å². The average molecular weight is 328 g/mol. The van der Waals surface area contributed by atoms with Gasteiger partial charge in [-0.25, -0.2) is 4.98 Å². The maximum atomic E-state index is 12.9. The van der Waals surface area contributed by atoms with Crippen LogP contribution in [-0.2, 0) is 33.8 Å². The number of rotatable bonds is 5. The molecule has 126 valence electrons. The smallest absolute Gasteiger partial charge is 0.325 e. The van der Waals surface area contributed by atoms with E-state index in [-0.39, 0.29) is 12.5 Å². The fourth-order valence-electron chi connectivity index (χ4n) is 2.80.